The van der Waals surface area contributed by atoms with E-state index in [1.54, 1.807) is 18.2 Å². The van der Waals surface area contributed by atoms with Gasteiger partial charge in [-0.2, -0.15) is 0 Å². The van der Waals surface area contributed by atoms with Gasteiger partial charge in [0.15, 0.2) is 11.5 Å². The molecule has 3 atom stereocenters. The molecule has 1 saturated heterocycles. The first-order valence-electron chi connectivity index (χ1n) is 11.2. The van der Waals surface area contributed by atoms with Crippen molar-refractivity contribution in [3.63, 3.8) is 0 Å². The Hall–Kier alpha value is -3.78. The normalized spacial score (nSPS) is 20.4. The highest BCUT2D eigenvalue weighted by atomic mass is 32.2. The van der Waals surface area contributed by atoms with Crippen molar-refractivity contribution in [2.24, 2.45) is 5.73 Å². The smallest absolute Gasteiger partial charge is 0.358 e. The number of hydrogen-bond donors (Lipinski definition) is 2. The maximum absolute atomic E-state index is 13.0. The second-order valence-corrected chi connectivity index (χ2v) is 9.42. The van der Waals surface area contributed by atoms with Gasteiger partial charge in [0, 0.05) is 25.2 Å². The van der Waals surface area contributed by atoms with Crippen LogP contribution in [0.25, 0.3) is 0 Å². The van der Waals surface area contributed by atoms with Crippen LogP contribution >= 0.6 is 11.8 Å². The van der Waals surface area contributed by atoms with Crippen molar-refractivity contribution < 1.29 is 47.7 Å². The second-order valence-electron chi connectivity index (χ2n) is 8.31. The maximum atomic E-state index is 13.0. The predicted molar refractivity (Wildman–Crippen MR) is 126 cm³/mol. The molecule has 0 radical (unpaired) electrons. The molecule has 3 aliphatic heterocycles. The SMILES string of the molecule is CC(=O)OCOC(=O)C1=C(COC(C)=O)CS[C@@H]2[C@H](NC(=O)C(N)Cc3ccc4c(c3)OCO4)C(=O)N12. The van der Waals surface area contributed by atoms with Gasteiger partial charge in [0.05, 0.1) is 6.04 Å². The number of benzene rings is 1. The van der Waals surface area contributed by atoms with E-state index >= 15 is 0 Å². The first-order chi connectivity index (χ1) is 17.7. The molecule has 0 spiro atoms. The Balaban J connectivity index is 1.41. The van der Waals surface area contributed by atoms with Crippen LogP contribution in [0.2, 0.25) is 0 Å². The van der Waals surface area contributed by atoms with E-state index < -0.39 is 54.0 Å². The quantitative estimate of drug-likeness (QED) is 0.238. The van der Waals surface area contributed by atoms with Crippen molar-refractivity contribution in [2.45, 2.75) is 37.7 Å². The monoisotopic (exact) mass is 535 g/mol. The summed E-state index contributed by atoms with van der Waals surface area (Å²) in [5.41, 5.74) is 7.09. The van der Waals surface area contributed by atoms with Crippen LogP contribution in [0, 0.1) is 0 Å². The highest BCUT2D eigenvalue weighted by Gasteiger charge is 2.54. The molecule has 0 aromatic heterocycles. The van der Waals surface area contributed by atoms with Gasteiger partial charge in [-0.3, -0.25) is 24.1 Å². The molecular weight excluding hydrogens is 510 g/mol. The summed E-state index contributed by atoms with van der Waals surface area (Å²) in [6, 6.07) is 3.38. The summed E-state index contributed by atoms with van der Waals surface area (Å²) in [6.07, 6.45) is 0.199. The van der Waals surface area contributed by atoms with E-state index in [2.05, 4.69) is 10.1 Å². The Labute approximate surface area is 215 Å². The number of nitrogens with zero attached hydrogens (tertiary/aromatic N) is 1. The van der Waals surface area contributed by atoms with Crippen LogP contribution in [0.4, 0.5) is 0 Å². The number of rotatable bonds is 9. The van der Waals surface area contributed by atoms with Crippen molar-refractivity contribution >= 4 is 41.5 Å². The van der Waals surface area contributed by atoms with Gasteiger partial charge in [0.2, 0.25) is 19.5 Å². The number of carbonyl (C=O) groups is 5. The Bertz CT molecular complexity index is 1170. The van der Waals surface area contributed by atoms with Crippen LogP contribution in [0.3, 0.4) is 0 Å². The molecule has 0 aliphatic carbocycles. The summed E-state index contributed by atoms with van der Waals surface area (Å²) in [5.74, 6) is -1.83. The molecule has 1 aromatic rings. The van der Waals surface area contributed by atoms with Gasteiger partial charge in [0.1, 0.15) is 23.7 Å². The van der Waals surface area contributed by atoms with Crippen LogP contribution in [0.15, 0.2) is 29.5 Å². The average Bonchev–Trinajstić information content (AvgIpc) is 3.32. The zero-order valence-corrected chi connectivity index (χ0v) is 20.8. The number of β-lactam (4-membered cyclic amide) rings is 1. The molecule has 13 nitrogen and oxygen atoms in total. The fraction of sp³-hybridized carbons (Fsp3) is 0.435. The summed E-state index contributed by atoms with van der Waals surface area (Å²) < 4.78 is 25.2. The van der Waals surface area contributed by atoms with Gasteiger partial charge >= 0.3 is 17.9 Å². The number of nitrogens with two attached hydrogens (primary N) is 1. The first-order valence-corrected chi connectivity index (χ1v) is 12.3. The summed E-state index contributed by atoms with van der Waals surface area (Å²) >= 11 is 1.28. The van der Waals surface area contributed by atoms with E-state index in [0.717, 1.165) is 12.5 Å². The van der Waals surface area contributed by atoms with Gasteiger partial charge in [-0.05, 0) is 24.1 Å². The number of ether oxygens (including phenoxy) is 5. The summed E-state index contributed by atoms with van der Waals surface area (Å²) in [4.78, 5) is 62.0. The van der Waals surface area contributed by atoms with E-state index in [1.807, 2.05) is 0 Å². The molecule has 0 saturated carbocycles. The first kappa shape index (κ1) is 26.3. The zero-order chi connectivity index (χ0) is 26.7. The third-order valence-electron chi connectivity index (χ3n) is 5.67. The maximum Gasteiger partial charge on any atom is 0.358 e. The molecule has 1 aromatic carbocycles. The fourth-order valence-corrected chi connectivity index (χ4v) is 5.21. The predicted octanol–water partition coefficient (Wildman–Crippen LogP) is -0.434. The minimum Gasteiger partial charge on any atom is -0.461 e. The molecule has 2 amide bonds. The van der Waals surface area contributed by atoms with Gasteiger partial charge in [-0.25, -0.2) is 4.79 Å². The number of hydrogen-bond acceptors (Lipinski definition) is 12. The standard InChI is InChI=1S/C23H25N3O10S/c1-11(27)32-7-14-8-37-22-18(21(30)26(22)19(14)23(31)36-9-33-12(2)28)25-20(29)15(24)5-13-3-4-16-17(6-13)35-10-34-16/h3-4,6,15,18,22H,5,7-10,24H2,1-2H3,(H,25,29)/t15?,18-,22-/m1/s1. The van der Waals surface area contributed by atoms with Crippen LogP contribution in [0.5, 0.6) is 11.5 Å². The minimum absolute atomic E-state index is 0.114. The lowest BCUT2D eigenvalue weighted by Gasteiger charge is -2.49. The Morgan fingerprint density at radius 1 is 1.14 bits per heavy atom. The molecule has 198 valence electrons. The van der Waals surface area contributed by atoms with Crippen LogP contribution in [0.1, 0.15) is 19.4 Å². The van der Waals surface area contributed by atoms with E-state index in [1.165, 1.54) is 23.6 Å². The van der Waals surface area contributed by atoms with E-state index in [0.29, 0.717) is 17.1 Å². The van der Waals surface area contributed by atoms with E-state index in [4.69, 9.17) is 24.7 Å². The summed E-state index contributed by atoms with van der Waals surface area (Å²) in [5, 5.41) is 2.05. The third-order valence-corrected chi connectivity index (χ3v) is 7.01. The van der Waals surface area contributed by atoms with Crippen LogP contribution in [-0.2, 0) is 44.6 Å². The lowest BCUT2D eigenvalue weighted by Crippen LogP contribution is -2.71. The van der Waals surface area contributed by atoms with E-state index in [9.17, 15) is 24.0 Å². The number of nitrogens with one attached hydrogen (secondary N) is 1. The lowest BCUT2D eigenvalue weighted by atomic mass is 10.0. The number of carbonyl (C=O) groups excluding carboxylic acids is 5. The van der Waals surface area contributed by atoms with Crippen molar-refractivity contribution in [2.75, 3.05) is 25.9 Å². The van der Waals surface area contributed by atoms with Crippen molar-refractivity contribution in [3.8, 4) is 11.5 Å². The molecular formula is C23H25N3O10S. The van der Waals surface area contributed by atoms with Crippen LogP contribution < -0.4 is 20.5 Å². The van der Waals surface area contributed by atoms with Crippen molar-refractivity contribution in [1.29, 1.82) is 0 Å². The molecule has 3 aliphatic rings. The number of amides is 2. The molecule has 37 heavy (non-hydrogen) atoms. The highest BCUT2D eigenvalue weighted by molar-refractivity contribution is 8.00. The number of fused-ring (bicyclic) bond motifs is 2. The zero-order valence-electron chi connectivity index (χ0n) is 20.0. The fourth-order valence-electron chi connectivity index (χ4n) is 3.88. The van der Waals surface area contributed by atoms with Crippen molar-refractivity contribution in [3.05, 3.63) is 35.0 Å². The summed E-state index contributed by atoms with van der Waals surface area (Å²) in [6.45, 7) is 1.61. The van der Waals surface area contributed by atoms with Gasteiger partial charge in [0.25, 0.3) is 5.91 Å². The highest BCUT2D eigenvalue weighted by Crippen LogP contribution is 2.41. The Kier molecular flexibility index (Phi) is 7.88. The van der Waals surface area contributed by atoms with Crippen molar-refractivity contribution in [1.82, 2.24) is 10.2 Å². The Morgan fingerprint density at radius 2 is 1.86 bits per heavy atom. The molecule has 1 fully saturated rings. The van der Waals surface area contributed by atoms with Crippen LogP contribution in [-0.4, -0.2) is 78.0 Å². The average molecular weight is 536 g/mol. The number of thioether (sulfide) groups is 1. The topological polar surface area (TPSA) is 173 Å². The molecule has 1 unspecified atom stereocenters. The largest absolute Gasteiger partial charge is 0.461 e. The molecule has 3 N–H and O–H groups in total. The van der Waals surface area contributed by atoms with Gasteiger partial charge < -0.3 is 34.7 Å². The minimum atomic E-state index is -0.945. The Morgan fingerprint density at radius 3 is 2.59 bits per heavy atom. The van der Waals surface area contributed by atoms with Gasteiger partial charge in [-0.1, -0.05) is 6.07 Å². The molecule has 14 heteroatoms. The number of esters is 3. The lowest BCUT2D eigenvalue weighted by molar-refractivity contribution is -0.167. The molecule has 3 heterocycles. The molecule has 4 rings (SSSR count). The van der Waals surface area contributed by atoms with Gasteiger partial charge in [-0.15, -0.1) is 11.8 Å². The summed E-state index contributed by atoms with van der Waals surface area (Å²) in [7, 11) is 0. The van der Waals surface area contributed by atoms with E-state index in [-0.39, 0.29) is 31.3 Å². The second kappa shape index (κ2) is 11.1. The molecule has 0 bridgehead atoms. The third kappa shape index (κ3) is 5.80.